The first kappa shape index (κ1) is 17.0. The second-order valence-electron chi connectivity index (χ2n) is 5.83. The van der Waals surface area contributed by atoms with Crippen LogP contribution in [-0.4, -0.2) is 32.4 Å². The highest BCUT2D eigenvalue weighted by Gasteiger charge is 2.12. The maximum atomic E-state index is 11.9. The van der Waals surface area contributed by atoms with Gasteiger partial charge in [-0.05, 0) is 49.2 Å². The highest BCUT2D eigenvalue weighted by atomic mass is 16.6. The molecule has 2 aromatic rings. The summed E-state index contributed by atoms with van der Waals surface area (Å²) in [7, 11) is 0. The maximum absolute atomic E-state index is 11.9. The lowest BCUT2D eigenvalue weighted by molar-refractivity contribution is 0.171. The van der Waals surface area contributed by atoms with Crippen molar-refractivity contribution in [1.82, 2.24) is 5.32 Å². The summed E-state index contributed by atoms with van der Waals surface area (Å²) >= 11 is 0. The van der Waals surface area contributed by atoms with Gasteiger partial charge in [0.1, 0.15) is 25.6 Å². The molecule has 0 aliphatic carbocycles. The van der Waals surface area contributed by atoms with E-state index < -0.39 is 0 Å². The molecule has 0 radical (unpaired) electrons. The summed E-state index contributed by atoms with van der Waals surface area (Å²) in [6, 6.07) is 11.0. The lowest BCUT2D eigenvalue weighted by Gasteiger charge is -2.19. The second kappa shape index (κ2) is 7.79. The molecule has 2 aromatic carbocycles. The molecule has 1 aliphatic heterocycles. The normalized spacial score (nSPS) is 12.4. The van der Waals surface area contributed by atoms with Crippen LogP contribution in [0.25, 0.3) is 0 Å². The molecule has 0 fully saturated rings. The van der Waals surface area contributed by atoms with Gasteiger partial charge < -0.3 is 24.8 Å². The maximum Gasteiger partial charge on any atom is 0.319 e. The zero-order chi connectivity index (χ0) is 17.6. The van der Waals surface area contributed by atoms with Gasteiger partial charge in [-0.15, -0.1) is 0 Å². The lowest BCUT2D eigenvalue weighted by atomic mass is 10.1. The molecule has 6 nitrogen and oxygen atoms in total. The summed E-state index contributed by atoms with van der Waals surface area (Å²) in [6.07, 6.45) is 0. The van der Waals surface area contributed by atoms with Gasteiger partial charge in [-0.25, -0.2) is 4.79 Å². The third kappa shape index (κ3) is 4.56. The van der Waals surface area contributed by atoms with E-state index in [1.807, 2.05) is 25.1 Å². The van der Waals surface area contributed by atoms with Gasteiger partial charge in [-0.3, -0.25) is 0 Å². The van der Waals surface area contributed by atoms with Crippen molar-refractivity contribution >= 4 is 11.7 Å². The highest BCUT2D eigenvalue weighted by Crippen LogP contribution is 2.32. The Balaban J connectivity index is 1.43. The summed E-state index contributed by atoms with van der Waals surface area (Å²) in [4.78, 5) is 11.9. The molecule has 0 aromatic heterocycles. The van der Waals surface area contributed by atoms with E-state index in [1.165, 1.54) is 11.1 Å². The SMILES string of the molecule is Cc1ccc(OCCNC(=O)Nc2ccc3c(c2)OCCO3)cc1C. The molecule has 1 heterocycles. The van der Waals surface area contributed by atoms with Gasteiger partial charge in [-0.1, -0.05) is 6.07 Å². The molecule has 25 heavy (non-hydrogen) atoms. The van der Waals surface area contributed by atoms with Crippen LogP contribution in [-0.2, 0) is 0 Å². The first-order valence-electron chi connectivity index (χ1n) is 8.26. The van der Waals surface area contributed by atoms with Gasteiger partial charge in [0, 0.05) is 11.8 Å². The predicted octanol–water partition coefficient (Wildman–Crippen LogP) is 3.28. The van der Waals surface area contributed by atoms with E-state index in [4.69, 9.17) is 14.2 Å². The average molecular weight is 342 g/mol. The number of fused-ring (bicyclic) bond motifs is 1. The molecular weight excluding hydrogens is 320 g/mol. The number of aryl methyl sites for hydroxylation is 2. The molecule has 0 atom stereocenters. The third-order valence-electron chi connectivity index (χ3n) is 3.93. The number of carbonyl (C=O) groups excluding carboxylic acids is 1. The van der Waals surface area contributed by atoms with Crippen molar-refractivity contribution < 1.29 is 19.0 Å². The van der Waals surface area contributed by atoms with E-state index >= 15 is 0 Å². The van der Waals surface area contributed by atoms with Gasteiger partial charge in [-0.2, -0.15) is 0 Å². The van der Waals surface area contributed by atoms with Crippen molar-refractivity contribution in [2.75, 3.05) is 31.7 Å². The van der Waals surface area contributed by atoms with Gasteiger partial charge in [0.25, 0.3) is 0 Å². The third-order valence-corrected chi connectivity index (χ3v) is 3.93. The molecule has 132 valence electrons. The van der Waals surface area contributed by atoms with Crippen molar-refractivity contribution in [3.8, 4) is 17.2 Å². The van der Waals surface area contributed by atoms with Crippen LogP contribution >= 0.6 is 0 Å². The van der Waals surface area contributed by atoms with Crippen LogP contribution in [0.5, 0.6) is 17.2 Å². The summed E-state index contributed by atoms with van der Waals surface area (Å²) < 4.78 is 16.6. The summed E-state index contributed by atoms with van der Waals surface area (Å²) in [5, 5.41) is 5.53. The van der Waals surface area contributed by atoms with Crippen LogP contribution < -0.4 is 24.8 Å². The van der Waals surface area contributed by atoms with Crippen LogP contribution in [0.1, 0.15) is 11.1 Å². The molecule has 0 bridgehead atoms. The topological polar surface area (TPSA) is 68.8 Å². The minimum absolute atomic E-state index is 0.291. The lowest BCUT2D eigenvalue weighted by Crippen LogP contribution is -2.32. The second-order valence-corrected chi connectivity index (χ2v) is 5.83. The number of carbonyl (C=O) groups is 1. The van der Waals surface area contributed by atoms with Crippen LogP contribution in [0.4, 0.5) is 10.5 Å². The van der Waals surface area contributed by atoms with Crippen LogP contribution in [0, 0.1) is 13.8 Å². The smallest absolute Gasteiger partial charge is 0.319 e. The first-order chi connectivity index (χ1) is 12.1. The van der Waals surface area contributed by atoms with Crippen LogP contribution in [0.15, 0.2) is 36.4 Å². The Morgan fingerprint density at radius 3 is 2.64 bits per heavy atom. The fourth-order valence-electron chi connectivity index (χ4n) is 2.43. The fourth-order valence-corrected chi connectivity index (χ4v) is 2.43. The number of anilines is 1. The zero-order valence-electron chi connectivity index (χ0n) is 14.4. The van der Waals surface area contributed by atoms with Crippen LogP contribution in [0.2, 0.25) is 0 Å². The van der Waals surface area contributed by atoms with Crippen LogP contribution in [0.3, 0.4) is 0 Å². The number of nitrogens with one attached hydrogen (secondary N) is 2. The number of urea groups is 1. The van der Waals surface area contributed by atoms with Crippen molar-refractivity contribution in [1.29, 1.82) is 0 Å². The molecule has 2 N–H and O–H groups in total. The van der Waals surface area contributed by atoms with Gasteiger partial charge >= 0.3 is 6.03 Å². The van der Waals surface area contributed by atoms with E-state index in [1.54, 1.807) is 18.2 Å². The number of hydrogen-bond acceptors (Lipinski definition) is 4. The average Bonchev–Trinajstić information content (AvgIpc) is 2.61. The minimum atomic E-state index is -0.291. The number of benzene rings is 2. The van der Waals surface area contributed by atoms with Crippen molar-refractivity contribution in [2.24, 2.45) is 0 Å². The Morgan fingerprint density at radius 2 is 1.84 bits per heavy atom. The van der Waals surface area contributed by atoms with Crippen molar-refractivity contribution in [3.63, 3.8) is 0 Å². The van der Waals surface area contributed by atoms with Crippen molar-refractivity contribution in [2.45, 2.75) is 13.8 Å². The van der Waals surface area contributed by atoms with E-state index in [2.05, 4.69) is 17.6 Å². The van der Waals surface area contributed by atoms with E-state index in [-0.39, 0.29) is 6.03 Å². The predicted molar refractivity (Wildman–Crippen MR) is 95.9 cm³/mol. The number of rotatable bonds is 5. The fraction of sp³-hybridized carbons (Fsp3) is 0.316. The zero-order valence-corrected chi connectivity index (χ0v) is 14.4. The molecule has 1 aliphatic rings. The summed E-state index contributed by atoms with van der Waals surface area (Å²) in [6.45, 7) is 5.96. The Labute approximate surface area is 147 Å². The Hall–Kier alpha value is -2.89. The Morgan fingerprint density at radius 1 is 1.04 bits per heavy atom. The largest absolute Gasteiger partial charge is 0.492 e. The number of hydrogen-bond donors (Lipinski definition) is 2. The monoisotopic (exact) mass is 342 g/mol. The first-order valence-corrected chi connectivity index (χ1v) is 8.26. The molecule has 3 rings (SSSR count). The van der Waals surface area contributed by atoms with E-state index in [0.717, 1.165) is 5.75 Å². The highest BCUT2D eigenvalue weighted by molar-refractivity contribution is 5.89. The van der Waals surface area contributed by atoms with Crippen molar-refractivity contribution in [3.05, 3.63) is 47.5 Å². The Bertz CT molecular complexity index is 761. The van der Waals surface area contributed by atoms with E-state index in [9.17, 15) is 4.79 Å². The molecule has 2 amide bonds. The van der Waals surface area contributed by atoms with Gasteiger partial charge in [0.05, 0.1) is 6.54 Å². The van der Waals surface area contributed by atoms with Gasteiger partial charge in [0.15, 0.2) is 11.5 Å². The quantitative estimate of drug-likeness (QED) is 0.818. The molecule has 6 heteroatoms. The van der Waals surface area contributed by atoms with E-state index in [0.29, 0.717) is 43.6 Å². The number of ether oxygens (including phenoxy) is 3. The molecule has 0 saturated heterocycles. The molecule has 0 saturated carbocycles. The molecule has 0 spiro atoms. The summed E-state index contributed by atoms with van der Waals surface area (Å²) in [5.74, 6) is 2.14. The number of amides is 2. The Kier molecular flexibility index (Phi) is 5.28. The minimum Gasteiger partial charge on any atom is -0.492 e. The molecule has 0 unspecified atom stereocenters. The standard InChI is InChI=1S/C19H22N2O4/c1-13-3-5-16(11-14(13)2)23-8-7-20-19(22)21-15-4-6-17-18(12-15)25-10-9-24-17/h3-6,11-12H,7-10H2,1-2H3,(H2,20,21,22). The summed E-state index contributed by atoms with van der Waals surface area (Å²) in [5.41, 5.74) is 3.06. The van der Waals surface area contributed by atoms with Gasteiger partial charge in [0.2, 0.25) is 0 Å². The molecular formula is C19H22N2O4.